The van der Waals surface area contributed by atoms with Gasteiger partial charge in [-0.15, -0.1) is 11.3 Å². The molecule has 3 aromatic heterocycles. The molecule has 0 radical (unpaired) electrons. The van der Waals surface area contributed by atoms with E-state index in [1.165, 1.54) is 18.3 Å². The first-order chi connectivity index (χ1) is 10.7. The number of hydrogen-bond donors (Lipinski definition) is 1. The molecule has 114 valence electrons. The standard InChI is InChI=1S/C15H16N4O2S/c1-19(6-5-10-4-3-7-22-10)14-11-8-12(15(20)21-2)18-13(11)16-9-17-14/h3-4,7-9H,5-6H2,1-2H3,(H,16,17,18). The van der Waals surface area contributed by atoms with E-state index in [9.17, 15) is 4.79 Å². The van der Waals surface area contributed by atoms with E-state index in [1.54, 1.807) is 17.4 Å². The Bertz CT molecular complexity index is 782. The normalized spacial score (nSPS) is 10.8. The topological polar surface area (TPSA) is 71.1 Å². The maximum atomic E-state index is 11.6. The van der Waals surface area contributed by atoms with Crippen molar-refractivity contribution in [1.82, 2.24) is 15.0 Å². The van der Waals surface area contributed by atoms with Crippen LogP contribution >= 0.6 is 11.3 Å². The fourth-order valence-electron chi connectivity index (χ4n) is 2.29. The molecule has 0 fully saturated rings. The highest BCUT2D eigenvalue weighted by Gasteiger charge is 2.15. The number of esters is 1. The number of aromatic nitrogens is 3. The summed E-state index contributed by atoms with van der Waals surface area (Å²) in [5, 5.41) is 2.89. The van der Waals surface area contributed by atoms with Crippen LogP contribution in [0.3, 0.4) is 0 Å². The Balaban J connectivity index is 1.85. The van der Waals surface area contributed by atoms with E-state index in [0.29, 0.717) is 11.3 Å². The van der Waals surface area contributed by atoms with Crippen LogP contribution in [0.2, 0.25) is 0 Å². The first-order valence-electron chi connectivity index (χ1n) is 6.84. The highest BCUT2D eigenvalue weighted by atomic mass is 32.1. The van der Waals surface area contributed by atoms with Gasteiger partial charge in [-0.2, -0.15) is 0 Å². The van der Waals surface area contributed by atoms with Crippen LogP contribution in [0.4, 0.5) is 5.82 Å². The number of anilines is 1. The molecule has 1 N–H and O–H groups in total. The van der Waals surface area contributed by atoms with Crippen LogP contribution in [0, 0.1) is 0 Å². The summed E-state index contributed by atoms with van der Waals surface area (Å²) in [6.07, 6.45) is 2.45. The first kappa shape index (κ1) is 14.5. The van der Waals surface area contributed by atoms with Gasteiger partial charge in [-0.25, -0.2) is 14.8 Å². The second-order valence-electron chi connectivity index (χ2n) is 4.89. The lowest BCUT2D eigenvalue weighted by Crippen LogP contribution is -2.21. The number of methoxy groups -OCH3 is 1. The molecule has 0 aliphatic rings. The van der Waals surface area contributed by atoms with Gasteiger partial charge >= 0.3 is 5.97 Å². The first-order valence-corrected chi connectivity index (χ1v) is 7.72. The maximum Gasteiger partial charge on any atom is 0.354 e. The highest BCUT2D eigenvalue weighted by Crippen LogP contribution is 2.23. The number of carbonyl (C=O) groups is 1. The fraction of sp³-hybridized carbons (Fsp3) is 0.267. The Morgan fingerprint density at radius 2 is 2.32 bits per heavy atom. The third-order valence-electron chi connectivity index (χ3n) is 3.45. The molecule has 3 rings (SSSR count). The van der Waals surface area contributed by atoms with E-state index in [1.807, 2.05) is 7.05 Å². The summed E-state index contributed by atoms with van der Waals surface area (Å²) in [6, 6.07) is 5.91. The number of ether oxygens (including phenoxy) is 1. The van der Waals surface area contributed by atoms with Crippen LogP contribution < -0.4 is 4.90 Å². The fourth-order valence-corrected chi connectivity index (χ4v) is 2.99. The van der Waals surface area contributed by atoms with E-state index >= 15 is 0 Å². The van der Waals surface area contributed by atoms with Crippen molar-refractivity contribution in [2.24, 2.45) is 0 Å². The minimum Gasteiger partial charge on any atom is -0.464 e. The van der Waals surface area contributed by atoms with Crippen molar-refractivity contribution in [3.63, 3.8) is 0 Å². The van der Waals surface area contributed by atoms with E-state index in [2.05, 4.69) is 37.4 Å². The van der Waals surface area contributed by atoms with E-state index in [4.69, 9.17) is 4.74 Å². The zero-order valence-electron chi connectivity index (χ0n) is 12.4. The van der Waals surface area contributed by atoms with Crippen molar-refractivity contribution in [3.05, 3.63) is 40.5 Å². The van der Waals surface area contributed by atoms with Crippen LogP contribution in [0.5, 0.6) is 0 Å². The zero-order valence-corrected chi connectivity index (χ0v) is 13.2. The predicted molar refractivity (Wildman–Crippen MR) is 86.5 cm³/mol. The maximum absolute atomic E-state index is 11.6. The quantitative estimate of drug-likeness (QED) is 0.732. The number of nitrogens with zero attached hydrogens (tertiary/aromatic N) is 3. The monoisotopic (exact) mass is 316 g/mol. The molecule has 0 atom stereocenters. The minimum atomic E-state index is -0.412. The molecule has 0 amide bonds. The summed E-state index contributed by atoms with van der Waals surface area (Å²) in [6.45, 7) is 0.839. The number of rotatable bonds is 5. The lowest BCUT2D eigenvalue weighted by Gasteiger charge is -2.18. The summed E-state index contributed by atoms with van der Waals surface area (Å²) < 4.78 is 4.73. The SMILES string of the molecule is COC(=O)c1cc2c(N(C)CCc3cccs3)ncnc2[nH]1. The van der Waals surface area contributed by atoms with Gasteiger partial charge in [0, 0.05) is 18.5 Å². The summed E-state index contributed by atoms with van der Waals surface area (Å²) in [5.41, 5.74) is 1.01. The minimum absolute atomic E-state index is 0.380. The molecule has 3 aromatic rings. The highest BCUT2D eigenvalue weighted by molar-refractivity contribution is 7.09. The molecule has 0 aliphatic heterocycles. The van der Waals surface area contributed by atoms with Crippen LogP contribution in [-0.2, 0) is 11.2 Å². The van der Waals surface area contributed by atoms with Crippen LogP contribution in [0.15, 0.2) is 29.9 Å². The Hall–Kier alpha value is -2.41. The second kappa shape index (κ2) is 6.15. The lowest BCUT2D eigenvalue weighted by atomic mass is 10.3. The van der Waals surface area contributed by atoms with Crippen LogP contribution in [0.1, 0.15) is 15.4 Å². The third kappa shape index (κ3) is 2.80. The third-order valence-corrected chi connectivity index (χ3v) is 4.38. The van der Waals surface area contributed by atoms with Crippen molar-refractivity contribution in [3.8, 4) is 0 Å². The Morgan fingerprint density at radius 1 is 1.45 bits per heavy atom. The molecule has 6 nitrogen and oxygen atoms in total. The van der Waals surface area contributed by atoms with E-state index in [-0.39, 0.29) is 0 Å². The molecule has 7 heteroatoms. The lowest BCUT2D eigenvalue weighted by molar-refractivity contribution is 0.0595. The van der Waals surface area contributed by atoms with Crippen molar-refractivity contribution < 1.29 is 9.53 Å². The number of H-pyrrole nitrogens is 1. The average Bonchev–Trinajstić information content (AvgIpc) is 3.20. The van der Waals surface area contributed by atoms with Crippen molar-refractivity contribution in [1.29, 1.82) is 0 Å². The number of thiophene rings is 1. The molecule has 0 saturated heterocycles. The summed E-state index contributed by atoms with van der Waals surface area (Å²) in [7, 11) is 3.34. The van der Waals surface area contributed by atoms with Gasteiger partial charge in [-0.1, -0.05) is 6.07 Å². The van der Waals surface area contributed by atoms with Crippen molar-refractivity contribution >= 4 is 34.2 Å². The van der Waals surface area contributed by atoms with Gasteiger partial charge in [-0.3, -0.25) is 0 Å². The second-order valence-corrected chi connectivity index (χ2v) is 5.92. The zero-order chi connectivity index (χ0) is 15.5. The molecular formula is C15H16N4O2S. The molecular weight excluding hydrogens is 300 g/mol. The molecule has 0 saturated carbocycles. The Labute approximate surface area is 131 Å². The van der Waals surface area contributed by atoms with E-state index < -0.39 is 5.97 Å². The largest absolute Gasteiger partial charge is 0.464 e. The van der Waals surface area contributed by atoms with Gasteiger partial charge in [-0.05, 0) is 23.9 Å². The number of likely N-dealkylation sites (N-methyl/N-ethyl adjacent to an activating group) is 1. The van der Waals surface area contributed by atoms with Gasteiger partial charge in [0.15, 0.2) is 0 Å². The van der Waals surface area contributed by atoms with Crippen molar-refractivity contribution in [2.45, 2.75) is 6.42 Å². The molecule has 0 aromatic carbocycles. The smallest absolute Gasteiger partial charge is 0.354 e. The van der Waals surface area contributed by atoms with Gasteiger partial charge in [0.25, 0.3) is 0 Å². The number of fused-ring (bicyclic) bond motifs is 1. The molecule has 0 unspecified atom stereocenters. The predicted octanol–water partition coefficient (Wildman–Crippen LogP) is 2.48. The Kier molecular flexibility index (Phi) is 4.06. The van der Waals surface area contributed by atoms with Gasteiger partial charge in [0.1, 0.15) is 23.5 Å². The number of aromatic amines is 1. The number of nitrogens with one attached hydrogen (secondary N) is 1. The molecule has 3 heterocycles. The van der Waals surface area contributed by atoms with E-state index in [0.717, 1.165) is 24.2 Å². The van der Waals surface area contributed by atoms with Crippen LogP contribution in [-0.4, -0.2) is 41.6 Å². The van der Waals surface area contributed by atoms with Crippen LogP contribution in [0.25, 0.3) is 11.0 Å². The number of hydrogen-bond acceptors (Lipinski definition) is 6. The average molecular weight is 316 g/mol. The Morgan fingerprint density at radius 3 is 3.05 bits per heavy atom. The van der Waals surface area contributed by atoms with Crippen molar-refractivity contribution in [2.75, 3.05) is 25.6 Å². The summed E-state index contributed by atoms with van der Waals surface area (Å²) in [5.74, 6) is 0.387. The molecule has 0 spiro atoms. The summed E-state index contributed by atoms with van der Waals surface area (Å²) >= 11 is 1.75. The molecule has 0 aliphatic carbocycles. The summed E-state index contributed by atoms with van der Waals surface area (Å²) in [4.78, 5) is 26.5. The molecule has 0 bridgehead atoms. The number of carbonyl (C=O) groups excluding carboxylic acids is 1. The van der Waals surface area contributed by atoms with Gasteiger partial charge in [0.05, 0.1) is 12.5 Å². The van der Waals surface area contributed by atoms with Gasteiger partial charge < -0.3 is 14.6 Å². The van der Waals surface area contributed by atoms with Gasteiger partial charge in [0.2, 0.25) is 0 Å². The molecule has 22 heavy (non-hydrogen) atoms.